The fourth-order valence-electron chi connectivity index (χ4n) is 3.74. The van der Waals surface area contributed by atoms with E-state index >= 15 is 0 Å². The Morgan fingerprint density at radius 3 is 2.48 bits per heavy atom. The minimum absolute atomic E-state index is 0.239. The van der Waals surface area contributed by atoms with E-state index in [1.54, 1.807) is 60.7 Å². The zero-order valence-electron chi connectivity index (χ0n) is 18.7. The molecule has 0 bridgehead atoms. The Hall–Kier alpha value is -2.75. The summed E-state index contributed by atoms with van der Waals surface area (Å²) in [6, 6.07) is 11.8. The van der Waals surface area contributed by atoms with Gasteiger partial charge in [-0.1, -0.05) is 12.5 Å². The van der Waals surface area contributed by atoms with Crippen molar-refractivity contribution in [2.24, 2.45) is 0 Å². The zero-order chi connectivity index (χ0) is 23.4. The first-order valence-electron chi connectivity index (χ1n) is 10.9. The monoisotopic (exact) mass is 485 g/mol. The van der Waals surface area contributed by atoms with Crippen molar-refractivity contribution in [1.29, 1.82) is 0 Å². The second-order valence-corrected chi connectivity index (χ2v) is 11.0. The van der Waals surface area contributed by atoms with E-state index in [0.29, 0.717) is 42.3 Å². The van der Waals surface area contributed by atoms with Crippen molar-refractivity contribution in [3.63, 3.8) is 0 Å². The number of carbonyl (C=O) groups is 1. The van der Waals surface area contributed by atoms with Gasteiger partial charge < -0.3 is 10.1 Å². The van der Waals surface area contributed by atoms with Crippen LogP contribution in [0.3, 0.4) is 0 Å². The maximum absolute atomic E-state index is 13.1. The SMILES string of the molecule is Cc1nc(COc2ccc(C(=O)Nc3ccc(C)c(S(=O)(=O)N4CCCCC4)c3)cc2)cs1. The number of thiazole rings is 1. The fourth-order valence-corrected chi connectivity index (χ4v) is 6.10. The number of hydrogen-bond donors (Lipinski definition) is 1. The summed E-state index contributed by atoms with van der Waals surface area (Å²) in [6.45, 7) is 5.16. The molecule has 1 saturated heterocycles. The fraction of sp³-hybridized carbons (Fsp3) is 0.333. The summed E-state index contributed by atoms with van der Waals surface area (Å²) in [7, 11) is -3.59. The van der Waals surface area contributed by atoms with Gasteiger partial charge >= 0.3 is 0 Å². The van der Waals surface area contributed by atoms with Crippen LogP contribution >= 0.6 is 11.3 Å². The average molecular weight is 486 g/mol. The second kappa shape index (κ2) is 10.0. The van der Waals surface area contributed by atoms with Gasteiger partial charge in [-0.2, -0.15) is 4.31 Å². The molecule has 0 atom stereocenters. The number of rotatable bonds is 7. The molecule has 174 valence electrons. The molecule has 9 heteroatoms. The number of ether oxygens (including phenoxy) is 1. The number of carbonyl (C=O) groups excluding carboxylic acids is 1. The van der Waals surface area contributed by atoms with Crippen molar-refractivity contribution in [3.05, 3.63) is 69.7 Å². The molecule has 0 spiro atoms. The van der Waals surface area contributed by atoms with Crippen molar-refractivity contribution in [2.75, 3.05) is 18.4 Å². The Labute approximate surface area is 198 Å². The van der Waals surface area contributed by atoms with Crippen LogP contribution in [-0.2, 0) is 16.6 Å². The molecule has 2 aromatic carbocycles. The molecule has 0 saturated carbocycles. The van der Waals surface area contributed by atoms with Gasteiger partial charge in [0.05, 0.1) is 15.6 Å². The predicted molar refractivity (Wildman–Crippen MR) is 129 cm³/mol. The average Bonchev–Trinajstić information content (AvgIpc) is 3.25. The van der Waals surface area contributed by atoms with Crippen LogP contribution in [0.5, 0.6) is 5.75 Å². The summed E-state index contributed by atoms with van der Waals surface area (Å²) in [5, 5.41) is 5.76. The topological polar surface area (TPSA) is 88.6 Å². The number of benzene rings is 2. The normalized spacial score (nSPS) is 14.7. The van der Waals surface area contributed by atoms with Crippen LogP contribution in [-0.4, -0.2) is 36.7 Å². The maximum atomic E-state index is 13.1. The number of amides is 1. The molecule has 1 aliphatic rings. The number of sulfonamides is 1. The highest BCUT2D eigenvalue weighted by atomic mass is 32.2. The summed E-state index contributed by atoms with van der Waals surface area (Å²) >= 11 is 1.57. The van der Waals surface area contributed by atoms with E-state index in [1.165, 1.54) is 4.31 Å². The molecule has 1 aliphatic heterocycles. The largest absolute Gasteiger partial charge is 0.487 e. The first-order valence-corrected chi connectivity index (χ1v) is 13.2. The number of aromatic nitrogens is 1. The van der Waals surface area contributed by atoms with E-state index in [-0.39, 0.29) is 10.8 Å². The van der Waals surface area contributed by atoms with Crippen molar-refractivity contribution >= 4 is 33.0 Å². The Bertz CT molecular complexity index is 1230. The highest BCUT2D eigenvalue weighted by Gasteiger charge is 2.27. The minimum Gasteiger partial charge on any atom is -0.487 e. The van der Waals surface area contributed by atoms with Crippen LogP contribution in [0.4, 0.5) is 5.69 Å². The number of nitrogens with one attached hydrogen (secondary N) is 1. The first-order chi connectivity index (χ1) is 15.8. The highest BCUT2D eigenvalue weighted by molar-refractivity contribution is 7.89. The van der Waals surface area contributed by atoms with Gasteiger partial charge in [-0.25, -0.2) is 13.4 Å². The molecule has 1 aromatic heterocycles. The van der Waals surface area contributed by atoms with E-state index in [4.69, 9.17) is 4.74 Å². The Balaban J connectivity index is 1.43. The summed E-state index contributed by atoms with van der Waals surface area (Å²) in [6.07, 6.45) is 2.80. The van der Waals surface area contributed by atoms with Crippen molar-refractivity contribution < 1.29 is 17.9 Å². The number of piperidine rings is 1. The smallest absolute Gasteiger partial charge is 0.255 e. The molecule has 33 heavy (non-hydrogen) atoms. The van der Waals surface area contributed by atoms with Crippen LogP contribution in [0.25, 0.3) is 0 Å². The lowest BCUT2D eigenvalue weighted by atomic mass is 10.2. The Kier molecular flexibility index (Phi) is 7.11. The molecule has 1 N–H and O–H groups in total. The summed E-state index contributed by atoms with van der Waals surface area (Å²) in [5.74, 6) is 0.323. The summed E-state index contributed by atoms with van der Waals surface area (Å²) < 4.78 is 33.5. The van der Waals surface area contributed by atoms with E-state index in [2.05, 4.69) is 10.3 Å². The van der Waals surface area contributed by atoms with Crippen molar-refractivity contribution in [3.8, 4) is 5.75 Å². The predicted octanol–water partition coefficient (Wildman–Crippen LogP) is 4.77. The molecular formula is C24H27N3O4S2. The third kappa shape index (κ3) is 5.61. The van der Waals surface area contributed by atoms with Gasteiger partial charge in [-0.3, -0.25) is 4.79 Å². The summed E-state index contributed by atoms with van der Waals surface area (Å²) in [4.78, 5) is 17.3. The lowest BCUT2D eigenvalue weighted by molar-refractivity contribution is 0.102. The summed E-state index contributed by atoms with van der Waals surface area (Å²) in [5.41, 5.74) is 2.43. The van der Waals surface area contributed by atoms with Crippen LogP contribution < -0.4 is 10.1 Å². The Morgan fingerprint density at radius 2 is 1.82 bits per heavy atom. The van der Waals surface area contributed by atoms with Crippen LogP contribution in [0, 0.1) is 13.8 Å². The zero-order valence-corrected chi connectivity index (χ0v) is 20.3. The van der Waals surface area contributed by atoms with Gasteiger partial charge in [0.1, 0.15) is 12.4 Å². The van der Waals surface area contributed by atoms with Gasteiger partial charge in [0.15, 0.2) is 0 Å². The van der Waals surface area contributed by atoms with Crippen molar-refractivity contribution in [1.82, 2.24) is 9.29 Å². The quantitative estimate of drug-likeness (QED) is 0.521. The second-order valence-electron chi connectivity index (χ2n) is 8.07. The molecule has 0 aliphatic carbocycles. The van der Waals surface area contributed by atoms with E-state index in [1.807, 2.05) is 12.3 Å². The van der Waals surface area contributed by atoms with Gasteiger partial charge in [0.25, 0.3) is 5.91 Å². The van der Waals surface area contributed by atoms with Gasteiger partial charge in [0.2, 0.25) is 10.0 Å². The molecule has 3 aromatic rings. The van der Waals surface area contributed by atoms with Crippen LogP contribution in [0.2, 0.25) is 0 Å². The van der Waals surface area contributed by atoms with Gasteiger partial charge in [-0.15, -0.1) is 11.3 Å². The third-order valence-corrected chi connectivity index (χ3v) is 8.41. The minimum atomic E-state index is -3.59. The highest BCUT2D eigenvalue weighted by Crippen LogP contribution is 2.26. The van der Waals surface area contributed by atoms with Crippen LogP contribution in [0.1, 0.15) is 45.9 Å². The number of nitrogens with zero attached hydrogens (tertiary/aromatic N) is 2. The standard InChI is InChI=1S/C24H27N3O4S2/c1-17-6-9-20(14-23(17)33(29,30)27-12-4-3-5-13-27)26-24(28)19-7-10-22(11-8-19)31-15-21-16-32-18(2)25-21/h6-11,14,16H,3-5,12-13,15H2,1-2H3,(H,26,28). The van der Waals surface area contributed by atoms with Gasteiger partial charge in [-0.05, 0) is 68.7 Å². The van der Waals surface area contributed by atoms with Gasteiger partial charge in [0, 0.05) is 29.7 Å². The molecule has 0 unspecified atom stereocenters. The lowest BCUT2D eigenvalue weighted by Gasteiger charge is -2.26. The lowest BCUT2D eigenvalue weighted by Crippen LogP contribution is -2.36. The number of aryl methyl sites for hydroxylation is 2. The molecule has 0 radical (unpaired) electrons. The molecule has 1 amide bonds. The van der Waals surface area contributed by atoms with E-state index in [0.717, 1.165) is 30.0 Å². The molecular weight excluding hydrogens is 458 g/mol. The number of anilines is 1. The van der Waals surface area contributed by atoms with Crippen LogP contribution in [0.15, 0.2) is 52.7 Å². The molecule has 4 rings (SSSR count). The molecule has 7 nitrogen and oxygen atoms in total. The third-order valence-electron chi connectivity index (χ3n) is 5.55. The first kappa shape index (κ1) is 23.4. The maximum Gasteiger partial charge on any atom is 0.255 e. The van der Waals surface area contributed by atoms with E-state index < -0.39 is 10.0 Å². The number of hydrogen-bond acceptors (Lipinski definition) is 6. The van der Waals surface area contributed by atoms with E-state index in [9.17, 15) is 13.2 Å². The molecule has 1 fully saturated rings. The van der Waals surface area contributed by atoms with Crippen molar-refractivity contribution in [2.45, 2.75) is 44.6 Å². The Morgan fingerprint density at radius 1 is 1.09 bits per heavy atom. The molecule has 2 heterocycles.